The number of carbonyl (C=O) groups excluding carboxylic acids is 1. The zero-order chi connectivity index (χ0) is 26.2. The molecule has 0 bridgehead atoms. The number of benzene rings is 3. The molecule has 0 fully saturated rings. The summed E-state index contributed by atoms with van der Waals surface area (Å²) in [6, 6.07) is 15.6. The molecule has 3 N–H and O–H groups in total. The van der Waals surface area contributed by atoms with Crippen LogP contribution in [-0.4, -0.2) is 37.9 Å². The number of hydrogen-bond donors (Lipinski definition) is 2. The van der Waals surface area contributed by atoms with E-state index in [0.29, 0.717) is 42.4 Å². The first-order chi connectivity index (χ1) is 17.9. The monoisotopic (exact) mass is 510 g/mol. The van der Waals surface area contributed by atoms with Crippen LogP contribution in [0.25, 0.3) is 0 Å². The van der Waals surface area contributed by atoms with E-state index in [2.05, 4.69) is 24.4 Å². The summed E-state index contributed by atoms with van der Waals surface area (Å²) in [7, 11) is 0. The van der Waals surface area contributed by atoms with Gasteiger partial charge in [-0.2, -0.15) is 0 Å². The maximum absolute atomic E-state index is 13.7. The Labute approximate surface area is 215 Å². The van der Waals surface area contributed by atoms with Crippen molar-refractivity contribution in [3.05, 3.63) is 94.6 Å². The SMILES string of the molecule is CCc1cccc(CNCC(OC(=O)c2ccc3c(c2)OCCCO3)C(N)Cc2cc(F)cc(F)c2)c1. The minimum Gasteiger partial charge on any atom is -0.490 e. The van der Waals surface area contributed by atoms with E-state index in [1.165, 1.54) is 17.7 Å². The summed E-state index contributed by atoms with van der Waals surface area (Å²) in [6.45, 7) is 3.93. The third-order valence-corrected chi connectivity index (χ3v) is 6.19. The number of aryl methyl sites for hydroxylation is 1. The quantitative estimate of drug-likeness (QED) is 0.389. The predicted molar refractivity (Wildman–Crippen MR) is 137 cm³/mol. The van der Waals surface area contributed by atoms with Crippen molar-refractivity contribution in [2.45, 2.75) is 44.9 Å². The van der Waals surface area contributed by atoms with Gasteiger partial charge in [0.05, 0.1) is 18.8 Å². The Balaban J connectivity index is 1.47. The van der Waals surface area contributed by atoms with Gasteiger partial charge in [0, 0.05) is 31.6 Å². The fourth-order valence-electron chi connectivity index (χ4n) is 4.23. The average molecular weight is 511 g/mol. The number of fused-ring (bicyclic) bond motifs is 1. The zero-order valence-corrected chi connectivity index (χ0v) is 20.8. The van der Waals surface area contributed by atoms with E-state index in [-0.39, 0.29) is 13.0 Å². The molecule has 1 aliphatic heterocycles. The molecule has 37 heavy (non-hydrogen) atoms. The van der Waals surface area contributed by atoms with Crippen LogP contribution in [0, 0.1) is 11.6 Å². The number of carbonyl (C=O) groups is 1. The van der Waals surface area contributed by atoms with E-state index in [1.54, 1.807) is 18.2 Å². The van der Waals surface area contributed by atoms with Gasteiger partial charge in [-0.3, -0.25) is 0 Å². The molecule has 2 unspecified atom stereocenters. The number of rotatable bonds is 10. The zero-order valence-electron chi connectivity index (χ0n) is 20.8. The van der Waals surface area contributed by atoms with Crippen molar-refractivity contribution < 1.29 is 27.8 Å². The molecule has 2 atom stereocenters. The maximum atomic E-state index is 13.7. The van der Waals surface area contributed by atoms with E-state index in [4.69, 9.17) is 19.9 Å². The van der Waals surface area contributed by atoms with Crippen molar-refractivity contribution in [3.8, 4) is 11.5 Å². The van der Waals surface area contributed by atoms with Gasteiger partial charge in [0.2, 0.25) is 0 Å². The Morgan fingerprint density at radius 1 is 0.973 bits per heavy atom. The Bertz CT molecular complexity index is 1200. The molecule has 0 saturated carbocycles. The Morgan fingerprint density at radius 2 is 1.70 bits per heavy atom. The van der Waals surface area contributed by atoms with E-state index in [0.717, 1.165) is 24.5 Å². The van der Waals surface area contributed by atoms with Crippen LogP contribution >= 0.6 is 0 Å². The Morgan fingerprint density at radius 3 is 2.46 bits per heavy atom. The summed E-state index contributed by atoms with van der Waals surface area (Å²) in [5, 5.41) is 3.31. The first-order valence-corrected chi connectivity index (χ1v) is 12.5. The first kappa shape index (κ1) is 26.6. The van der Waals surface area contributed by atoms with Gasteiger partial charge >= 0.3 is 5.97 Å². The van der Waals surface area contributed by atoms with Crippen LogP contribution in [0.3, 0.4) is 0 Å². The number of nitrogens with one attached hydrogen (secondary N) is 1. The fraction of sp³-hybridized carbons (Fsp3) is 0.345. The van der Waals surface area contributed by atoms with Gasteiger partial charge in [0.1, 0.15) is 17.7 Å². The third-order valence-electron chi connectivity index (χ3n) is 6.19. The number of hydrogen-bond acceptors (Lipinski definition) is 6. The van der Waals surface area contributed by atoms with E-state index in [1.807, 2.05) is 12.1 Å². The molecular weight excluding hydrogens is 478 g/mol. The lowest BCUT2D eigenvalue weighted by atomic mass is 10.0. The van der Waals surface area contributed by atoms with E-state index < -0.39 is 29.7 Å². The molecule has 3 aromatic rings. The molecular formula is C29H32F2N2O4. The summed E-state index contributed by atoms with van der Waals surface area (Å²) in [5.41, 5.74) is 9.43. The molecule has 0 aliphatic carbocycles. The predicted octanol–water partition coefficient (Wildman–Crippen LogP) is 4.57. The van der Waals surface area contributed by atoms with Gasteiger partial charge in [0.25, 0.3) is 0 Å². The molecule has 0 aromatic heterocycles. The van der Waals surface area contributed by atoms with Gasteiger partial charge in [0.15, 0.2) is 11.5 Å². The molecule has 4 rings (SSSR count). The highest BCUT2D eigenvalue weighted by molar-refractivity contribution is 5.90. The van der Waals surface area contributed by atoms with Crippen molar-refractivity contribution >= 4 is 5.97 Å². The van der Waals surface area contributed by atoms with Gasteiger partial charge < -0.3 is 25.3 Å². The topological polar surface area (TPSA) is 82.8 Å². The number of ether oxygens (including phenoxy) is 3. The van der Waals surface area contributed by atoms with Gasteiger partial charge in [-0.1, -0.05) is 31.2 Å². The fourth-order valence-corrected chi connectivity index (χ4v) is 4.23. The molecule has 196 valence electrons. The van der Waals surface area contributed by atoms with Crippen LogP contribution in [0.5, 0.6) is 11.5 Å². The average Bonchev–Trinajstić information content (AvgIpc) is 3.12. The second-order valence-electron chi connectivity index (χ2n) is 9.11. The molecule has 0 amide bonds. The van der Waals surface area contributed by atoms with Crippen LogP contribution in [0.1, 0.15) is 40.4 Å². The normalized spacial score (nSPS) is 14.5. The van der Waals surface area contributed by atoms with E-state index >= 15 is 0 Å². The second-order valence-corrected chi connectivity index (χ2v) is 9.11. The number of nitrogens with two attached hydrogens (primary N) is 1. The molecule has 0 radical (unpaired) electrons. The largest absolute Gasteiger partial charge is 0.490 e. The second kappa shape index (κ2) is 12.7. The van der Waals surface area contributed by atoms with Crippen LogP contribution in [0.2, 0.25) is 0 Å². The van der Waals surface area contributed by atoms with Crippen LogP contribution in [0.15, 0.2) is 60.7 Å². The smallest absolute Gasteiger partial charge is 0.338 e. The molecule has 0 saturated heterocycles. The van der Waals surface area contributed by atoms with Gasteiger partial charge in [-0.05, 0) is 59.9 Å². The molecule has 8 heteroatoms. The first-order valence-electron chi connectivity index (χ1n) is 12.5. The molecule has 1 heterocycles. The lowest BCUT2D eigenvalue weighted by molar-refractivity contribution is 0.0237. The van der Waals surface area contributed by atoms with Crippen LogP contribution in [0.4, 0.5) is 8.78 Å². The standard InChI is InChI=1S/C29H32F2N2O4/c1-2-19-5-3-6-20(11-19)17-33-18-28(25(32)14-21-12-23(30)16-24(31)13-21)37-29(34)22-7-8-26-27(15-22)36-10-4-9-35-26/h3,5-8,11-13,15-16,25,28,33H,2,4,9-10,14,17-18,32H2,1H3. The summed E-state index contributed by atoms with van der Waals surface area (Å²) in [5.74, 6) is -0.881. The summed E-state index contributed by atoms with van der Waals surface area (Å²) >= 11 is 0. The van der Waals surface area contributed by atoms with E-state index in [9.17, 15) is 13.6 Å². The van der Waals surface area contributed by atoms with Crippen molar-refractivity contribution in [1.29, 1.82) is 0 Å². The van der Waals surface area contributed by atoms with Crippen molar-refractivity contribution in [2.75, 3.05) is 19.8 Å². The lowest BCUT2D eigenvalue weighted by Crippen LogP contribution is -2.46. The maximum Gasteiger partial charge on any atom is 0.338 e. The lowest BCUT2D eigenvalue weighted by Gasteiger charge is -2.25. The minimum absolute atomic E-state index is 0.126. The molecule has 6 nitrogen and oxygen atoms in total. The highest BCUT2D eigenvalue weighted by Gasteiger charge is 2.25. The van der Waals surface area contributed by atoms with Gasteiger partial charge in [-0.25, -0.2) is 13.6 Å². The third kappa shape index (κ3) is 7.50. The molecule has 1 aliphatic rings. The summed E-state index contributed by atoms with van der Waals surface area (Å²) in [4.78, 5) is 13.1. The van der Waals surface area contributed by atoms with Crippen LogP contribution in [-0.2, 0) is 24.1 Å². The Kier molecular flexibility index (Phi) is 9.09. The molecule has 0 spiro atoms. The highest BCUT2D eigenvalue weighted by atomic mass is 19.1. The molecule has 3 aromatic carbocycles. The Hall–Kier alpha value is -3.49. The summed E-state index contributed by atoms with van der Waals surface area (Å²) < 4.78 is 44.6. The van der Waals surface area contributed by atoms with Gasteiger partial charge in [-0.15, -0.1) is 0 Å². The highest BCUT2D eigenvalue weighted by Crippen LogP contribution is 2.30. The summed E-state index contributed by atoms with van der Waals surface area (Å²) in [6.07, 6.45) is 1.04. The van der Waals surface area contributed by atoms with Crippen molar-refractivity contribution in [3.63, 3.8) is 0 Å². The minimum atomic E-state index is -0.760. The number of halogens is 2. The van der Waals surface area contributed by atoms with Crippen molar-refractivity contribution in [2.24, 2.45) is 5.73 Å². The van der Waals surface area contributed by atoms with Crippen LogP contribution < -0.4 is 20.5 Å². The van der Waals surface area contributed by atoms with Crippen molar-refractivity contribution in [1.82, 2.24) is 5.32 Å². The number of esters is 1.